The molecule has 3 rings (SSSR count). The Balaban J connectivity index is 1.76. The van der Waals surface area contributed by atoms with E-state index in [1.54, 1.807) is 14.2 Å². The van der Waals surface area contributed by atoms with Gasteiger partial charge in [0.1, 0.15) is 15.6 Å². The van der Waals surface area contributed by atoms with Crippen molar-refractivity contribution in [3.8, 4) is 27.8 Å². The van der Waals surface area contributed by atoms with Crippen LogP contribution < -0.4 is 19.5 Å². The lowest BCUT2D eigenvalue weighted by molar-refractivity contribution is 0.0943. The van der Waals surface area contributed by atoms with Crippen molar-refractivity contribution < 1.29 is 19.0 Å². The number of benzene rings is 2. The van der Waals surface area contributed by atoms with Crippen molar-refractivity contribution in [1.82, 2.24) is 10.3 Å². The van der Waals surface area contributed by atoms with Crippen molar-refractivity contribution in [2.24, 2.45) is 0 Å². The normalized spacial score (nSPS) is 11.6. The maximum absolute atomic E-state index is 12.9. The van der Waals surface area contributed by atoms with Crippen molar-refractivity contribution in [2.45, 2.75) is 26.8 Å². The topological polar surface area (TPSA) is 69.7 Å². The minimum absolute atomic E-state index is 0.140. The molecule has 2 aromatic carbocycles. The van der Waals surface area contributed by atoms with E-state index in [0.29, 0.717) is 28.7 Å². The van der Waals surface area contributed by atoms with Crippen molar-refractivity contribution in [3.63, 3.8) is 0 Å². The smallest absolute Gasteiger partial charge is 0.263 e. The lowest BCUT2D eigenvalue weighted by atomic mass is 10.1. The molecule has 1 N–H and O–H groups in total. The van der Waals surface area contributed by atoms with Gasteiger partial charge in [-0.25, -0.2) is 4.98 Å². The Morgan fingerprint density at radius 2 is 1.80 bits per heavy atom. The molecular weight excluding hydrogens is 400 g/mol. The molecule has 0 spiro atoms. The van der Waals surface area contributed by atoms with Gasteiger partial charge in [0.2, 0.25) is 0 Å². The lowest BCUT2D eigenvalue weighted by Gasteiger charge is -2.14. The van der Waals surface area contributed by atoms with Crippen LogP contribution in [0.4, 0.5) is 0 Å². The highest BCUT2D eigenvalue weighted by molar-refractivity contribution is 7.17. The van der Waals surface area contributed by atoms with Crippen LogP contribution >= 0.6 is 11.3 Å². The zero-order chi connectivity index (χ0) is 21.7. The summed E-state index contributed by atoms with van der Waals surface area (Å²) < 4.78 is 16.1. The second kappa shape index (κ2) is 9.63. The first-order valence-electron chi connectivity index (χ1n) is 9.70. The maximum Gasteiger partial charge on any atom is 0.263 e. The van der Waals surface area contributed by atoms with Crippen LogP contribution in [0.2, 0.25) is 0 Å². The third kappa shape index (κ3) is 4.74. The molecular formula is C23H26N2O4S. The van der Waals surface area contributed by atoms with Crippen molar-refractivity contribution in [3.05, 3.63) is 58.6 Å². The highest BCUT2D eigenvalue weighted by Crippen LogP contribution is 2.35. The van der Waals surface area contributed by atoms with Crippen LogP contribution in [0.15, 0.2) is 42.5 Å². The fraction of sp³-hybridized carbons (Fsp3) is 0.304. The lowest BCUT2D eigenvalue weighted by Crippen LogP contribution is -2.26. The summed E-state index contributed by atoms with van der Waals surface area (Å²) in [6, 6.07) is 13.2. The Morgan fingerprint density at radius 1 is 1.10 bits per heavy atom. The molecule has 0 aliphatic heterocycles. The monoisotopic (exact) mass is 426 g/mol. The number of carbonyl (C=O) groups is 1. The average Bonchev–Trinajstić information content (AvgIpc) is 3.15. The van der Waals surface area contributed by atoms with Gasteiger partial charge in [-0.05, 0) is 56.7 Å². The molecule has 0 saturated heterocycles. The Bertz CT molecular complexity index is 1010. The minimum atomic E-state index is -0.141. The number of amides is 1. The molecule has 7 heteroatoms. The zero-order valence-corrected chi connectivity index (χ0v) is 18.6. The summed E-state index contributed by atoms with van der Waals surface area (Å²) in [5.74, 6) is 1.95. The highest BCUT2D eigenvalue weighted by Gasteiger charge is 2.19. The summed E-state index contributed by atoms with van der Waals surface area (Å²) >= 11 is 1.36. The van der Waals surface area contributed by atoms with E-state index >= 15 is 0 Å². The number of ether oxygens (including phenoxy) is 3. The predicted molar refractivity (Wildman–Crippen MR) is 119 cm³/mol. The molecule has 6 nitrogen and oxygen atoms in total. The van der Waals surface area contributed by atoms with E-state index in [0.717, 1.165) is 21.9 Å². The molecule has 0 aliphatic carbocycles. The van der Waals surface area contributed by atoms with Crippen molar-refractivity contribution in [1.29, 1.82) is 0 Å². The Labute approximate surface area is 180 Å². The van der Waals surface area contributed by atoms with Crippen LogP contribution in [0.3, 0.4) is 0 Å². The van der Waals surface area contributed by atoms with E-state index in [2.05, 4.69) is 10.3 Å². The molecule has 30 heavy (non-hydrogen) atoms. The molecule has 1 heterocycles. The minimum Gasteiger partial charge on any atom is -0.494 e. The molecule has 1 unspecified atom stereocenters. The SMILES string of the molecule is CCOc1ccc(C(C)NC(=O)c2sc(-c3ccc(OC)c(OC)c3)nc2C)cc1. The van der Waals surface area contributed by atoms with Gasteiger partial charge in [0.05, 0.1) is 32.6 Å². The molecule has 1 amide bonds. The quantitative estimate of drug-likeness (QED) is 0.547. The third-order valence-corrected chi connectivity index (χ3v) is 5.88. The van der Waals surface area contributed by atoms with E-state index < -0.39 is 0 Å². The van der Waals surface area contributed by atoms with E-state index in [1.165, 1.54) is 11.3 Å². The summed E-state index contributed by atoms with van der Waals surface area (Å²) in [7, 11) is 3.19. The van der Waals surface area contributed by atoms with Crippen LogP contribution in [-0.4, -0.2) is 31.7 Å². The summed E-state index contributed by atoms with van der Waals surface area (Å²) in [5, 5.41) is 3.81. The van der Waals surface area contributed by atoms with Gasteiger partial charge in [-0.3, -0.25) is 4.79 Å². The van der Waals surface area contributed by atoms with Crippen molar-refractivity contribution in [2.75, 3.05) is 20.8 Å². The van der Waals surface area contributed by atoms with E-state index in [9.17, 15) is 4.79 Å². The molecule has 0 radical (unpaired) electrons. The fourth-order valence-corrected chi connectivity index (χ4v) is 4.03. The Kier molecular flexibility index (Phi) is 6.95. The number of carbonyl (C=O) groups excluding carboxylic acids is 1. The summed E-state index contributed by atoms with van der Waals surface area (Å²) in [6.45, 7) is 6.37. The molecule has 0 fully saturated rings. The van der Waals surface area contributed by atoms with Gasteiger partial charge in [-0.15, -0.1) is 11.3 Å². The number of nitrogens with zero attached hydrogens (tertiary/aromatic N) is 1. The summed E-state index contributed by atoms with van der Waals surface area (Å²) in [4.78, 5) is 18.1. The second-order valence-corrected chi connectivity index (χ2v) is 7.70. The average molecular weight is 427 g/mol. The maximum atomic E-state index is 12.9. The number of nitrogens with one attached hydrogen (secondary N) is 1. The van der Waals surface area contributed by atoms with Crippen LogP contribution in [0, 0.1) is 6.92 Å². The molecule has 158 valence electrons. The zero-order valence-electron chi connectivity index (χ0n) is 17.8. The molecule has 0 saturated carbocycles. The molecule has 1 atom stereocenters. The van der Waals surface area contributed by atoms with Gasteiger partial charge in [-0.2, -0.15) is 0 Å². The van der Waals surface area contributed by atoms with Crippen LogP contribution in [0.5, 0.6) is 17.2 Å². The number of aromatic nitrogens is 1. The molecule has 0 aliphatic rings. The number of hydrogen-bond donors (Lipinski definition) is 1. The van der Waals surface area contributed by atoms with Gasteiger partial charge in [-0.1, -0.05) is 12.1 Å². The number of methoxy groups -OCH3 is 2. The molecule has 0 bridgehead atoms. The van der Waals surface area contributed by atoms with Gasteiger partial charge >= 0.3 is 0 Å². The standard InChI is InChI=1S/C23H26N2O4S/c1-6-29-18-10-7-16(8-11-18)14(2)24-22(26)21-15(3)25-23(30-21)17-9-12-19(27-4)20(13-17)28-5/h7-14H,6H2,1-5H3,(H,24,26). The van der Waals surface area contributed by atoms with Crippen LogP contribution in [0.1, 0.15) is 40.8 Å². The first-order chi connectivity index (χ1) is 14.5. The van der Waals surface area contributed by atoms with Gasteiger partial charge < -0.3 is 19.5 Å². The first-order valence-corrected chi connectivity index (χ1v) is 10.5. The largest absolute Gasteiger partial charge is 0.494 e. The Hall–Kier alpha value is -3.06. The molecule has 1 aromatic heterocycles. The second-order valence-electron chi connectivity index (χ2n) is 6.70. The summed E-state index contributed by atoms with van der Waals surface area (Å²) in [6.07, 6.45) is 0. The van der Waals surface area contributed by atoms with E-state index in [-0.39, 0.29) is 11.9 Å². The van der Waals surface area contributed by atoms with E-state index in [4.69, 9.17) is 14.2 Å². The number of rotatable bonds is 8. The van der Waals surface area contributed by atoms with Gasteiger partial charge in [0.25, 0.3) is 5.91 Å². The van der Waals surface area contributed by atoms with Gasteiger partial charge in [0, 0.05) is 5.56 Å². The highest BCUT2D eigenvalue weighted by atomic mass is 32.1. The van der Waals surface area contributed by atoms with Crippen LogP contribution in [-0.2, 0) is 0 Å². The van der Waals surface area contributed by atoms with Crippen molar-refractivity contribution >= 4 is 17.2 Å². The van der Waals surface area contributed by atoms with E-state index in [1.807, 2.05) is 63.2 Å². The van der Waals surface area contributed by atoms with Gasteiger partial charge in [0.15, 0.2) is 11.5 Å². The molecule has 3 aromatic rings. The fourth-order valence-electron chi connectivity index (χ4n) is 3.06. The number of hydrogen-bond acceptors (Lipinski definition) is 6. The predicted octanol–water partition coefficient (Wildman–Crippen LogP) is 5.03. The van der Waals surface area contributed by atoms with Crippen LogP contribution in [0.25, 0.3) is 10.6 Å². The third-order valence-electron chi connectivity index (χ3n) is 4.67. The summed E-state index contributed by atoms with van der Waals surface area (Å²) in [5.41, 5.74) is 2.58. The first kappa shape index (κ1) is 21.6. The number of aryl methyl sites for hydroxylation is 1. The Morgan fingerprint density at radius 3 is 2.43 bits per heavy atom. The number of thiazole rings is 1.